The fraction of sp³-hybridized carbons (Fsp3) is 0.407. The highest BCUT2D eigenvalue weighted by molar-refractivity contribution is 7.90. The highest BCUT2D eigenvalue weighted by Crippen LogP contribution is 2.32. The van der Waals surface area contributed by atoms with Gasteiger partial charge >= 0.3 is 0 Å². The third-order valence-electron chi connectivity index (χ3n) is 6.60. The number of ether oxygens (including phenoxy) is 1. The number of aromatic nitrogens is 2. The lowest BCUT2D eigenvalue weighted by Gasteiger charge is -2.26. The van der Waals surface area contributed by atoms with Gasteiger partial charge < -0.3 is 14.2 Å². The number of carbonyl (C=O) groups is 1. The van der Waals surface area contributed by atoms with Crippen LogP contribution in [0.25, 0.3) is 0 Å². The third-order valence-corrected chi connectivity index (χ3v) is 8.20. The van der Waals surface area contributed by atoms with Crippen molar-refractivity contribution in [3.05, 3.63) is 83.7 Å². The number of amides is 1. The smallest absolute Gasteiger partial charge is 0.228 e. The normalized spacial score (nSPS) is 18.0. The molecule has 1 unspecified atom stereocenters. The standard InChI is InChI=1S/C27H31N3O4S/c31-26(23-13-14-23)29(19-25-12-7-15-34-25)18-24-16-28-27(30(24)17-21-8-3-1-4-9-21)35(32,33)20-22-10-5-2-6-11-22/h1-6,8-11,16,23,25H,7,12-15,17-20H2. The summed E-state index contributed by atoms with van der Waals surface area (Å²) in [7, 11) is -3.70. The van der Waals surface area contributed by atoms with Crippen LogP contribution in [-0.2, 0) is 38.2 Å². The molecule has 1 aliphatic heterocycles. The molecule has 1 saturated heterocycles. The minimum atomic E-state index is -3.70. The zero-order chi connectivity index (χ0) is 24.3. The van der Waals surface area contributed by atoms with E-state index in [1.54, 1.807) is 22.9 Å². The van der Waals surface area contributed by atoms with Crippen LogP contribution in [0.5, 0.6) is 0 Å². The van der Waals surface area contributed by atoms with E-state index in [4.69, 9.17) is 4.74 Å². The van der Waals surface area contributed by atoms with Crippen LogP contribution in [-0.4, -0.2) is 48.0 Å². The summed E-state index contributed by atoms with van der Waals surface area (Å²) in [4.78, 5) is 19.4. The summed E-state index contributed by atoms with van der Waals surface area (Å²) >= 11 is 0. The Bertz CT molecular complexity index is 1250. The van der Waals surface area contributed by atoms with Crippen LogP contribution in [0.1, 0.15) is 42.5 Å². The lowest BCUT2D eigenvalue weighted by Crippen LogP contribution is -2.38. The molecule has 0 spiro atoms. The molecule has 2 aliphatic rings. The average Bonchev–Trinajstić information content (AvgIpc) is 3.44. The molecule has 1 amide bonds. The molecule has 3 aromatic rings. The molecule has 2 heterocycles. The fourth-order valence-electron chi connectivity index (χ4n) is 4.61. The molecule has 0 N–H and O–H groups in total. The van der Waals surface area contributed by atoms with Crippen LogP contribution < -0.4 is 0 Å². The van der Waals surface area contributed by atoms with Gasteiger partial charge in [-0.2, -0.15) is 0 Å². The topological polar surface area (TPSA) is 81.5 Å². The number of rotatable bonds is 10. The molecular weight excluding hydrogens is 462 g/mol. The van der Waals surface area contributed by atoms with Gasteiger partial charge in [-0.15, -0.1) is 0 Å². The van der Waals surface area contributed by atoms with Gasteiger partial charge in [0, 0.05) is 19.1 Å². The average molecular weight is 494 g/mol. The van der Waals surface area contributed by atoms with Gasteiger partial charge in [0.2, 0.25) is 20.9 Å². The molecule has 8 heteroatoms. The Morgan fingerprint density at radius 3 is 2.31 bits per heavy atom. The number of nitrogens with zero attached hydrogens (tertiary/aromatic N) is 3. The Labute approximate surface area is 206 Å². The van der Waals surface area contributed by atoms with Gasteiger partial charge in [-0.25, -0.2) is 13.4 Å². The molecule has 0 bridgehead atoms. The SMILES string of the molecule is O=C(C1CC1)N(Cc1cnc(S(=O)(=O)Cc2ccccc2)n1Cc1ccccc1)CC1CCCO1. The monoisotopic (exact) mass is 493 g/mol. The van der Waals surface area contributed by atoms with Gasteiger partial charge in [0.1, 0.15) is 0 Å². The fourth-order valence-corrected chi connectivity index (χ4v) is 6.10. The van der Waals surface area contributed by atoms with Gasteiger partial charge in [0.25, 0.3) is 0 Å². The molecule has 1 aromatic heterocycles. The van der Waals surface area contributed by atoms with Crippen LogP contribution in [0.15, 0.2) is 72.0 Å². The largest absolute Gasteiger partial charge is 0.376 e. The molecule has 1 saturated carbocycles. The van der Waals surface area contributed by atoms with Crippen LogP contribution in [0, 0.1) is 5.92 Å². The van der Waals surface area contributed by atoms with E-state index in [9.17, 15) is 13.2 Å². The molecule has 2 fully saturated rings. The summed E-state index contributed by atoms with van der Waals surface area (Å²) in [6.45, 7) is 1.93. The van der Waals surface area contributed by atoms with Crippen LogP contribution in [0.2, 0.25) is 0 Å². The van der Waals surface area contributed by atoms with E-state index < -0.39 is 9.84 Å². The second-order valence-electron chi connectivity index (χ2n) is 9.48. The highest BCUT2D eigenvalue weighted by Gasteiger charge is 2.36. The van der Waals surface area contributed by atoms with E-state index in [-0.39, 0.29) is 28.8 Å². The van der Waals surface area contributed by atoms with Gasteiger partial charge in [-0.1, -0.05) is 60.7 Å². The molecular formula is C27H31N3O4S. The molecule has 184 valence electrons. The predicted octanol–water partition coefficient (Wildman–Crippen LogP) is 3.82. The van der Waals surface area contributed by atoms with Crippen molar-refractivity contribution in [1.82, 2.24) is 14.5 Å². The van der Waals surface area contributed by atoms with E-state index in [1.807, 2.05) is 53.4 Å². The Hall–Kier alpha value is -2.97. The molecule has 1 atom stereocenters. The zero-order valence-electron chi connectivity index (χ0n) is 19.8. The summed E-state index contributed by atoms with van der Waals surface area (Å²) < 4.78 is 34.5. The summed E-state index contributed by atoms with van der Waals surface area (Å²) in [5.41, 5.74) is 2.40. The van der Waals surface area contributed by atoms with E-state index in [0.29, 0.717) is 30.9 Å². The highest BCUT2D eigenvalue weighted by atomic mass is 32.2. The minimum absolute atomic E-state index is 0.0319. The number of carbonyl (C=O) groups excluding carboxylic acids is 1. The van der Waals surface area contributed by atoms with Crippen LogP contribution in [0.3, 0.4) is 0 Å². The number of hydrogen-bond acceptors (Lipinski definition) is 5. The molecule has 0 radical (unpaired) electrons. The van der Waals surface area contributed by atoms with Crippen LogP contribution in [0.4, 0.5) is 0 Å². The summed E-state index contributed by atoms with van der Waals surface area (Å²) in [5.74, 6) is 0.0736. The van der Waals surface area contributed by atoms with Gasteiger partial charge in [-0.3, -0.25) is 4.79 Å². The molecule has 7 nitrogen and oxygen atoms in total. The Morgan fingerprint density at radius 1 is 1.00 bits per heavy atom. The third kappa shape index (κ3) is 5.82. The second-order valence-corrected chi connectivity index (χ2v) is 11.4. The van der Waals surface area contributed by atoms with Crippen molar-refractivity contribution in [2.24, 2.45) is 5.92 Å². The Kier molecular flexibility index (Phi) is 7.02. The molecule has 35 heavy (non-hydrogen) atoms. The summed E-state index contributed by atoms with van der Waals surface area (Å²) in [5, 5.41) is 0.0381. The summed E-state index contributed by atoms with van der Waals surface area (Å²) in [6.07, 6.45) is 5.42. The lowest BCUT2D eigenvalue weighted by atomic mass is 10.2. The van der Waals surface area contributed by atoms with E-state index in [0.717, 1.165) is 37.9 Å². The zero-order valence-corrected chi connectivity index (χ0v) is 20.6. The molecule has 1 aliphatic carbocycles. The number of imidazole rings is 1. The number of benzene rings is 2. The maximum Gasteiger partial charge on any atom is 0.228 e. The van der Waals surface area contributed by atoms with Gasteiger partial charge in [-0.05, 0) is 36.8 Å². The van der Waals surface area contributed by atoms with Crippen LogP contribution >= 0.6 is 0 Å². The second kappa shape index (κ2) is 10.3. The van der Waals surface area contributed by atoms with Crippen molar-refractivity contribution < 1.29 is 17.9 Å². The first-order valence-electron chi connectivity index (χ1n) is 12.2. The Balaban J connectivity index is 1.47. The quantitative estimate of drug-likeness (QED) is 0.429. The maximum atomic E-state index is 13.5. The first kappa shape index (κ1) is 23.8. The maximum absolute atomic E-state index is 13.5. The van der Waals surface area contributed by atoms with Gasteiger partial charge in [0.15, 0.2) is 0 Å². The van der Waals surface area contributed by atoms with E-state index in [1.165, 1.54) is 0 Å². The van der Waals surface area contributed by atoms with E-state index in [2.05, 4.69) is 4.98 Å². The predicted molar refractivity (Wildman–Crippen MR) is 132 cm³/mol. The van der Waals surface area contributed by atoms with Crippen molar-refractivity contribution in [2.75, 3.05) is 13.2 Å². The molecule has 2 aromatic carbocycles. The Morgan fingerprint density at radius 2 is 1.69 bits per heavy atom. The van der Waals surface area contributed by atoms with Crippen molar-refractivity contribution >= 4 is 15.7 Å². The van der Waals surface area contributed by atoms with E-state index >= 15 is 0 Å². The minimum Gasteiger partial charge on any atom is -0.376 e. The van der Waals surface area contributed by atoms with Crippen molar-refractivity contribution in [1.29, 1.82) is 0 Å². The van der Waals surface area contributed by atoms with Gasteiger partial charge in [0.05, 0.1) is 36.8 Å². The first-order chi connectivity index (χ1) is 17.0. The summed E-state index contributed by atoms with van der Waals surface area (Å²) in [6, 6.07) is 18.9. The van der Waals surface area contributed by atoms with Crippen molar-refractivity contribution in [3.63, 3.8) is 0 Å². The first-order valence-corrected chi connectivity index (χ1v) is 13.9. The number of hydrogen-bond donors (Lipinski definition) is 0. The molecule has 5 rings (SSSR count). The van der Waals surface area contributed by atoms with Crippen molar-refractivity contribution in [3.8, 4) is 0 Å². The van der Waals surface area contributed by atoms with Crippen molar-refractivity contribution in [2.45, 2.75) is 55.8 Å². The number of sulfone groups is 1. The lowest BCUT2D eigenvalue weighted by molar-refractivity contribution is -0.134.